The molecule has 0 aliphatic carbocycles. The second kappa shape index (κ2) is 8.08. The summed E-state index contributed by atoms with van der Waals surface area (Å²) in [5, 5.41) is 11.3. The summed E-state index contributed by atoms with van der Waals surface area (Å²) in [6.45, 7) is 3.41. The number of ether oxygens (including phenoxy) is 1. The fraction of sp³-hybridized carbons (Fsp3) is 0.375. The van der Waals surface area contributed by atoms with E-state index in [4.69, 9.17) is 5.11 Å². The predicted molar refractivity (Wildman–Crippen MR) is 78.5 cm³/mol. The molecule has 5 heteroatoms. The molecule has 2 N–H and O–H groups in total. The molecule has 1 unspecified atom stereocenters. The Morgan fingerprint density at radius 1 is 1.38 bits per heavy atom. The fourth-order valence-electron chi connectivity index (χ4n) is 1.73. The van der Waals surface area contributed by atoms with E-state index in [0.717, 1.165) is 0 Å². The molecule has 112 valence electrons. The van der Waals surface area contributed by atoms with E-state index in [1.807, 2.05) is 13.8 Å². The Morgan fingerprint density at radius 2 is 2.10 bits per heavy atom. The van der Waals surface area contributed by atoms with Crippen LogP contribution in [0.4, 0.5) is 0 Å². The highest BCUT2D eigenvalue weighted by atomic mass is 16.5. The van der Waals surface area contributed by atoms with Crippen LogP contribution in [0.3, 0.4) is 0 Å². The second-order valence-corrected chi connectivity index (χ2v) is 4.76. The molecular weight excluding hydrogens is 270 g/mol. The van der Waals surface area contributed by atoms with E-state index >= 15 is 0 Å². The maximum absolute atomic E-state index is 12.2. The Morgan fingerprint density at radius 3 is 2.67 bits per heavy atom. The number of amides is 1. The predicted octanol–water partition coefficient (Wildman–Crippen LogP) is 0.958. The van der Waals surface area contributed by atoms with Gasteiger partial charge in [-0.15, -0.1) is 0 Å². The maximum Gasteiger partial charge on any atom is 0.328 e. The van der Waals surface area contributed by atoms with Gasteiger partial charge in [0.1, 0.15) is 12.6 Å². The molecule has 0 aromatic heterocycles. The van der Waals surface area contributed by atoms with Gasteiger partial charge in [-0.3, -0.25) is 4.79 Å². The van der Waals surface area contributed by atoms with Crippen LogP contribution in [0.25, 0.3) is 0 Å². The molecule has 1 rings (SSSR count). The van der Waals surface area contributed by atoms with Gasteiger partial charge in [0.05, 0.1) is 7.11 Å². The number of benzene rings is 1. The van der Waals surface area contributed by atoms with Crippen LogP contribution >= 0.6 is 0 Å². The van der Waals surface area contributed by atoms with Crippen LogP contribution in [0.5, 0.6) is 0 Å². The summed E-state index contributed by atoms with van der Waals surface area (Å²) in [6.07, 6.45) is 0. The van der Waals surface area contributed by atoms with Crippen LogP contribution in [-0.4, -0.2) is 36.7 Å². The standard InChI is InChI=1S/C16H19NO4/c1-11(2)14(16(20)21-3)17-15(19)13-8-4-6-12(10-13)7-5-9-18/h4,6,8,10-11,14,18H,9H2,1-3H3,(H,17,19). The number of rotatable bonds is 4. The number of nitrogens with one attached hydrogen (secondary N) is 1. The number of aliphatic hydroxyl groups excluding tert-OH is 1. The number of aliphatic hydroxyl groups is 1. The van der Waals surface area contributed by atoms with Crippen LogP contribution in [0.2, 0.25) is 0 Å². The molecule has 1 atom stereocenters. The lowest BCUT2D eigenvalue weighted by molar-refractivity contribution is -0.144. The third-order valence-electron chi connectivity index (χ3n) is 2.84. The third kappa shape index (κ3) is 4.93. The van der Waals surface area contributed by atoms with Crippen molar-refractivity contribution in [3.05, 3.63) is 35.4 Å². The van der Waals surface area contributed by atoms with E-state index in [1.165, 1.54) is 7.11 Å². The molecule has 5 nitrogen and oxygen atoms in total. The van der Waals surface area contributed by atoms with Crippen molar-refractivity contribution in [2.75, 3.05) is 13.7 Å². The van der Waals surface area contributed by atoms with E-state index in [9.17, 15) is 9.59 Å². The monoisotopic (exact) mass is 289 g/mol. The summed E-state index contributed by atoms with van der Waals surface area (Å²) >= 11 is 0. The molecule has 0 spiro atoms. The van der Waals surface area contributed by atoms with E-state index in [-0.39, 0.29) is 18.4 Å². The Hall–Kier alpha value is -2.32. The minimum Gasteiger partial charge on any atom is -0.467 e. The van der Waals surface area contributed by atoms with E-state index < -0.39 is 12.0 Å². The van der Waals surface area contributed by atoms with Crippen LogP contribution in [0.15, 0.2) is 24.3 Å². The van der Waals surface area contributed by atoms with Crippen LogP contribution in [-0.2, 0) is 9.53 Å². The topological polar surface area (TPSA) is 75.6 Å². The minimum absolute atomic E-state index is 0.0845. The molecule has 0 bridgehead atoms. The van der Waals surface area contributed by atoms with Gasteiger partial charge in [-0.05, 0) is 24.1 Å². The number of hydrogen-bond donors (Lipinski definition) is 2. The largest absolute Gasteiger partial charge is 0.467 e. The minimum atomic E-state index is -0.699. The average Bonchev–Trinajstić information content (AvgIpc) is 2.49. The van der Waals surface area contributed by atoms with Crippen LogP contribution in [0.1, 0.15) is 29.8 Å². The van der Waals surface area contributed by atoms with Crippen molar-refractivity contribution in [2.24, 2.45) is 5.92 Å². The molecule has 0 saturated heterocycles. The van der Waals surface area contributed by atoms with Gasteiger partial charge >= 0.3 is 5.97 Å². The summed E-state index contributed by atoms with van der Waals surface area (Å²) in [4.78, 5) is 23.8. The second-order valence-electron chi connectivity index (χ2n) is 4.76. The van der Waals surface area contributed by atoms with Crippen molar-refractivity contribution < 1.29 is 19.4 Å². The van der Waals surface area contributed by atoms with Crippen molar-refractivity contribution in [2.45, 2.75) is 19.9 Å². The van der Waals surface area contributed by atoms with Gasteiger partial charge in [0, 0.05) is 11.1 Å². The highest BCUT2D eigenvalue weighted by molar-refractivity contribution is 5.97. The van der Waals surface area contributed by atoms with Gasteiger partial charge in [0.15, 0.2) is 0 Å². The molecule has 0 aliphatic rings. The maximum atomic E-state index is 12.2. The summed E-state index contributed by atoms with van der Waals surface area (Å²) in [5.41, 5.74) is 1.02. The van der Waals surface area contributed by atoms with Crippen molar-refractivity contribution in [3.63, 3.8) is 0 Å². The van der Waals surface area contributed by atoms with Crippen LogP contribution in [0, 0.1) is 17.8 Å². The first-order chi connectivity index (χ1) is 9.99. The fourth-order valence-corrected chi connectivity index (χ4v) is 1.73. The van der Waals surface area contributed by atoms with Gasteiger partial charge < -0.3 is 15.2 Å². The number of esters is 1. The van der Waals surface area contributed by atoms with Gasteiger partial charge in [-0.1, -0.05) is 31.8 Å². The van der Waals surface area contributed by atoms with Gasteiger partial charge in [-0.2, -0.15) is 0 Å². The lowest BCUT2D eigenvalue weighted by Gasteiger charge is -2.19. The van der Waals surface area contributed by atoms with Gasteiger partial charge in [0.2, 0.25) is 0 Å². The highest BCUT2D eigenvalue weighted by Gasteiger charge is 2.25. The first-order valence-electron chi connectivity index (χ1n) is 6.58. The van der Waals surface area contributed by atoms with Crippen molar-refractivity contribution >= 4 is 11.9 Å². The Balaban J connectivity index is 2.90. The molecule has 1 amide bonds. The highest BCUT2D eigenvalue weighted by Crippen LogP contribution is 2.08. The zero-order chi connectivity index (χ0) is 15.8. The van der Waals surface area contributed by atoms with Crippen LogP contribution < -0.4 is 5.32 Å². The molecule has 0 radical (unpaired) electrons. The SMILES string of the molecule is COC(=O)C(NC(=O)c1cccc(C#CCO)c1)C(C)C. The molecule has 1 aromatic rings. The molecule has 0 aliphatic heterocycles. The molecule has 21 heavy (non-hydrogen) atoms. The molecule has 0 heterocycles. The number of hydrogen-bond acceptors (Lipinski definition) is 4. The molecular formula is C16H19NO4. The summed E-state index contributed by atoms with van der Waals surface area (Å²) in [5.74, 6) is 4.31. The number of carbonyl (C=O) groups excluding carboxylic acids is 2. The summed E-state index contributed by atoms with van der Waals surface area (Å²) in [6, 6.07) is 5.97. The van der Waals surface area contributed by atoms with Gasteiger partial charge in [0.25, 0.3) is 5.91 Å². The Bertz CT molecular complexity index is 569. The normalized spacial score (nSPS) is 11.3. The van der Waals surface area contributed by atoms with E-state index in [0.29, 0.717) is 11.1 Å². The number of methoxy groups -OCH3 is 1. The molecule has 0 fully saturated rings. The molecule has 1 aromatic carbocycles. The smallest absolute Gasteiger partial charge is 0.328 e. The lowest BCUT2D eigenvalue weighted by Crippen LogP contribution is -2.45. The van der Waals surface area contributed by atoms with Crippen molar-refractivity contribution in [3.8, 4) is 11.8 Å². The zero-order valence-electron chi connectivity index (χ0n) is 12.3. The molecule has 0 saturated carbocycles. The lowest BCUT2D eigenvalue weighted by atomic mass is 10.0. The Labute approximate surface area is 124 Å². The van der Waals surface area contributed by atoms with E-state index in [2.05, 4.69) is 21.9 Å². The summed E-state index contributed by atoms with van der Waals surface area (Å²) < 4.78 is 4.68. The zero-order valence-corrected chi connectivity index (χ0v) is 12.3. The van der Waals surface area contributed by atoms with Crippen molar-refractivity contribution in [1.82, 2.24) is 5.32 Å². The average molecular weight is 289 g/mol. The number of carbonyl (C=O) groups is 2. The van der Waals surface area contributed by atoms with Crippen molar-refractivity contribution in [1.29, 1.82) is 0 Å². The quantitative estimate of drug-likeness (QED) is 0.639. The summed E-state index contributed by atoms with van der Waals surface area (Å²) in [7, 11) is 1.29. The Kier molecular flexibility index (Phi) is 6.44. The van der Waals surface area contributed by atoms with Gasteiger partial charge in [-0.25, -0.2) is 4.79 Å². The third-order valence-corrected chi connectivity index (χ3v) is 2.84. The first-order valence-corrected chi connectivity index (χ1v) is 6.58. The first kappa shape index (κ1) is 16.7. The van der Waals surface area contributed by atoms with E-state index in [1.54, 1.807) is 24.3 Å².